The lowest BCUT2D eigenvalue weighted by atomic mass is 10.1. The number of unbranched alkanes of at least 4 members (excludes halogenated alkanes) is 1. The lowest BCUT2D eigenvalue weighted by Crippen LogP contribution is -2.18. The number of nitrogens with two attached hydrogens (primary N) is 1. The van der Waals surface area contributed by atoms with Crippen LogP contribution in [0.4, 0.5) is 0 Å². The molecule has 0 bridgehead atoms. The Morgan fingerprint density at radius 2 is 2.18 bits per heavy atom. The number of primary amides is 1. The van der Waals surface area contributed by atoms with Crippen molar-refractivity contribution in [1.29, 1.82) is 0 Å². The minimum absolute atomic E-state index is 0.415. The summed E-state index contributed by atoms with van der Waals surface area (Å²) in [5.74, 6) is 0.961. The molecule has 0 spiro atoms. The third-order valence-corrected chi connectivity index (χ3v) is 3.33. The number of aryl methyl sites for hydroxylation is 1. The van der Waals surface area contributed by atoms with E-state index in [4.69, 9.17) is 10.3 Å². The van der Waals surface area contributed by atoms with E-state index in [9.17, 15) is 4.79 Å². The number of rotatable bonds is 8. The maximum absolute atomic E-state index is 11.2. The molecule has 118 valence electrons. The monoisotopic (exact) mass is 302 g/mol. The molecule has 2 rings (SSSR count). The molecule has 0 atom stereocenters. The van der Waals surface area contributed by atoms with Gasteiger partial charge in [0.15, 0.2) is 5.82 Å². The number of hydrogen-bond donors (Lipinski definition) is 1. The average molecular weight is 302 g/mol. The Hall–Kier alpha value is -2.21. The van der Waals surface area contributed by atoms with Crippen molar-refractivity contribution in [1.82, 2.24) is 15.0 Å². The van der Waals surface area contributed by atoms with Crippen molar-refractivity contribution in [2.24, 2.45) is 5.73 Å². The highest BCUT2D eigenvalue weighted by atomic mass is 16.5. The minimum atomic E-state index is -0.415. The first-order valence-corrected chi connectivity index (χ1v) is 7.47. The first-order valence-electron chi connectivity index (χ1n) is 7.47. The van der Waals surface area contributed by atoms with Crippen LogP contribution >= 0.6 is 0 Å². The van der Waals surface area contributed by atoms with Crippen LogP contribution in [0.3, 0.4) is 0 Å². The molecule has 1 heterocycles. The first-order chi connectivity index (χ1) is 10.6. The van der Waals surface area contributed by atoms with Crippen molar-refractivity contribution in [3.05, 3.63) is 47.1 Å². The second kappa shape index (κ2) is 7.70. The fraction of sp³-hybridized carbons (Fsp3) is 0.438. The van der Waals surface area contributed by atoms with Crippen molar-refractivity contribution in [3.8, 4) is 0 Å². The molecule has 0 saturated heterocycles. The summed E-state index contributed by atoms with van der Waals surface area (Å²) < 4.78 is 5.26. The van der Waals surface area contributed by atoms with Gasteiger partial charge in [-0.3, -0.25) is 9.69 Å². The van der Waals surface area contributed by atoms with Crippen LogP contribution in [0, 0.1) is 0 Å². The van der Waals surface area contributed by atoms with Gasteiger partial charge in [0, 0.05) is 18.5 Å². The molecule has 0 fully saturated rings. The van der Waals surface area contributed by atoms with E-state index in [2.05, 4.69) is 22.0 Å². The van der Waals surface area contributed by atoms with Gasteiger partial charge in [-0.2, -0.15) is 4.98 Å². The van der Waals surface area contributed by atoms with E-state index in [0.29, 0.717) is 24.5 Å². The third kappa shape index (κ3) is 4.66. The summed E-state index contributed by atoms with van der Waals surface area (Å²) in [4.78, 5) is 17.6. The summed E-state index contributed by atoms with van der Waals surface area (Å²) in [7, 11) is 1.97. The van der Waals surface area contributed by atoms with Crippen LogP contribution in [-0.4, -0.2) is 28.0 Å². The zero-order valence-corrected chi connectivity index (χ0v) is 13.1. The first kappa shape index (κ1) is 16.2. The van der Waals surface area contributed by atoms with Crippen LogP contribution in [0.1, 0.15) is 47.4 Å². The standard InChI is InChI=1S/C16H22N4O2/c1-3-4-8-14-18-15(22-19-14)11-20(2)10-12-6-5-7-13(9-12)16(17)21/h5-7,9H,3-4,8,10-11H2,1-2H3,(H2,17,21). The molecule has 0 aliphatic heterocycles. The summed E-state index contributed by atoms with van der Waals surface area (Å²) in [6, 6.07) is 7.31. The van der Waals surface area contributed by atoms with E-state index in [1.807, 2.05) is 19.2 Å². The topological polar surface area (TPSA) is 85.3 Å². The molecule has 0 saturated carbocycles. The van der Waals surface area contributed by atoms with Gasteiger partial charge >= 0.3 is 0 Å². The van der Waals surface area contributed by atoms with Gasteiger partial charge in [0.05, 0.1) is 6.54 Å². The number of benzene rings is 1. The van der Waals surface area contributed by atoms with Crippen LogP contribution in [0.15, 0.2) is 28.8 Å². The third-order valence-electron chi connectivity index (χ3n) is 3.33. The molecule has 0 unspecified atom stereocenters. The van der Waals surface area contributed by atoms with E-state index >= 15 is 0 Å². The molecule has 6 nitrogen and oxygen atoms in total. The van der Waals surface area contributed by atoms with Gasteiger partial charge in [0.25, 0.3) is 0 Å². The van der Waals surface area contributed by atoms with Crippen LogP contribution < -0.4 is 5.73 Å². The average Bonchev–Trinajstić information content (AvgIpc) is 2.92. The molecule has 0 radical (unpaired) electrons. The van der Waals surface area contributed by atoms with Gasteiger partial charge in [-0.05, 0) is 31.2 Å². The van der Waals surface area contributed by atoms with Crippen LogP contribution in [0.25, 0.3) is 0 Å². The number of aromatic nitrogens is 2. The van der Waals surface area contributed by atoms with Gasteiger partial charge in [-0.15, -0.1) is 0 Å². The van der Waals surface area contributed by atoms with Crippen molar-refractivity contribution < 1.29 is 9.32 Å². The fourth-order valence-electron chi connectivity index (χ4n) is 2.21. The van der Waals surface area contributed by atoms with Crippen LogP contribution in [0.2, 0.25) is 0 Å². The number of hydrogen-bond acceptors (Lipinski definition) is 5. The molecule has 2 N–H and O–H groups in total. The predicted molar refractivity (Wildman–Crippen MR) is 83.0 cm³/mol. The Morgan fingerprint density at radius 1 is 1.36 bits per heavy atom. The van der Waals surface area contributed by atoms with Gasteiger partial charge < -0.3 is 10.3 Å². The normalized spacial score (nSPS) is 11.0. The molecule has 6 heteroatoms. The second-order valence-electron chi connectivity index (χ2n) is 5.44. The zero-order chi connectivity index (χ0) is 15.9. The minimum Gasteiger partial charge on any atom is -0.366 e. The summed E-state index contributed by atoms with van der Waals surface area (Å²) in [6.45, 7) is 3.38. The molecular formula is C16H22N4O2. The Kier molecular flexibility index (Phi) is 5.66. The number of carbonyl (C=O) groups excluding carboxylic acids is 1. The van der Waals surface area contributed by atoms with E-state index in [-0.39, 0.29) is 0 Å². The Morgan fingerprint density at radius 3 is 2.91 bits per heavy atom. The van der Waals surface area contributed by atoms with Crippen molar-refractivity contribution in [2.45, 2.75) is 39.3 Å². The van der Waals surface area contributed by atoms with Gasteiger partial charge in [0.2, 0.25) is 11.8 Å². The molecule has 2 aromatic rings. The van der Waals surface area contributed by atoms with Crippen LogP contribution in [0.5, 0.6) is 0 Å². The Bertz CT molecular complexity index is 624. The van der Waals surface area contributed by atoms with E-state index in [0.717, 1.165) is 30.7 Å². The van der Waals surface area contributed by atoms with E-state index in [1.54, 1.807) is 12.1 Å². The Balaban J connectivity index is 1.92. The van der Waals surface area contributed by atoms with E-state index < -0.39 is 5.91 Å². The predicted octanol–water partition coefficient (Wildman–Crippen LogP) is 2.14. The molecule has 0 aliphatic carbocycles. The molecule has 1 amide bonds. The largest absolute Gasteiger partial charge is 0.366 e. The summed E-state index contributed by atoms with van der Waals surface area (Å²) in [5.41, 5.74) is 6.83. The molecule has 1 aromatic heterocycles. The molecule has 22 heavy (non-hydrogen) atoms. The van der Waals surface area contributed by atoms with Crippen LogP contribution in [-0.2, 0) is 19.5 Å². The highest BCUT2D eigenvalue weighted by Crippen LogP contribution is 2.10. The quantitative estimate of drug-likeness (QED) is 0.807. The Labute approximate surface area is 130 Å². The fourth-order valence-corrected chi connectivity index (χ4v) is 2.21. The van der Waals surface area contributed by atoms with Crippen molar-refractivity contribution in [2.75, 3.05) is 7.05 Å². The highest BCUT2D eigenvalue weighted by molar-refractivity contribution is 5.92. The maximum Gasteiger partial charge on any atom is 0.248 e. The smallest absolute Gasteiger partial charge is 0.248 e. The van der Waals surface area contributed by atoms with Gasteiger partial charge in [-0.25, -0.2) is 0 Å². The highest BCUT2D eigenvalue weighted by Gasteiger charge is 2.10. The van der Waals surface area contributed by atoms with E-state index in [1.165, 1.54) is 0 Å². The number of carbonyl (C=O) groups is 1. The lowest BCUT2D eigenvalue weighted by Gasteiger charge is -2.14. The van der Waals surface area contributed by atoms with Gasteiger partial charge in [0.1, 0.15) is 0 Å². The maximum atomic E-state index is 11.2. The van der Waals surface area contributed by atoms with Crippen molar-refractivity contribution >= 4 is 5.91 Å². The number of nitrogens with zero attached hydrogens (tertiary/aromatic N) is 3. The number of amides is 1. The summed E-state index contributed by atoms with van der Waals surface area (Å²) >= 11 is 0. The SMILES string of the molecule is CCCCc1noc(CN(C)Cc2cccc(C(N)=O)c2)n1. The molecule has 0 aliphatic rings. The lowest BCUT2D eigenvalue weighted by molar-refractivity contribution is 0.1000. The summed E-state index contributed by atoms with van der Waals surface area (Å²) in [5, 5.41) is 3.98. The van der Waals surface area contributed by atoms with Gasteiger partial charge in [-0.1, -0.05) is 30.6 Å². The summed E-state index contributed by atoms with van der Waals surface area (Å²) in [6.07, 6.45) is 3.03. The second-order valence-corrected chi connectivity index (χ2v) is 5.44. The van der Waals surface area contributed by atoms with Crippen molar-refractivity contribution in [3.63, 3.8) is 0 Å². The molecule has 1 aromatic carbocycles. The zero-order valence-electron chi connectivity index (χ0n) is 13.1. The molecular weight excluding hydrogens is 280 g/mol.